The van der Waals surface area contributed by atoms with E-state index in [2.05, 4.69) is 55.5 Å². The average Bonchev–Trinajstić information content (AvgIpc) is 2.50. The van der Waals surface area contributed by atoms with Crippen LogP contribution in [-0.4, -0.2) is 12.0 Å². The maximum Gasteiger partial charge on any atom is 0.0352 e. The van der Waals surface area contributed by atoms with Crippen LogP contribution >= 0.6 is 0 Å². The van der Waals surface area contributed by atoms with Gasteiger partial charge in [-0.25, -0.2) is 0 Å². The van der Waals surface area contributed by atoms with Gasteiger partial charge in [0.25, 0.3) is 0 Å². The number of fused-ring (bicyclic) bond motifs is 1. The first-order chi connectivity index (χ1) is 10.1. The second kappa shape index (κ2) is 5.76. The van der Waals surface area contributed by atoms with Crippen molar-refractivity contribution in [1.29, 1.82) is 0 Å². The Labute approximate surface area is 128 Å². The number of aromatic nitrogens is 1. The lowest BCUT2D eigenvalue weighted by molar-refractivity contribution is 0.165. The SMILES string of the molecule is CNC(c1cccc2ccncc12)C1CCC(C)(C)CC1. The number of pyridine rings is 1. The predicted molar refractivity (Wildman–Crippen MR) is 89.3 cm³/mol. The quantitative estimate of drug-likeness (QED) is 0.881. The number of nitrogens with zero attached hydrogens (tertiary/aromatic N) is 1. The second-order valence-corrected chi connectivity index (χ2v) is 7.21. The molecule has 1 atom stereocenters. The van der Waals surface area contributed by atoms with Crippen LogP contribution in [0.5, 0.6) is 0 Å². The Hall–Kier alpha value is -1.41. The number of benzene rings is 1. The van der Waals surface area contributed by atoms with E-state index in [1.54, 1.807) is 0 Å². The van der Waals surface area contributed by atoms with Crippen molar-refractivity contribution in [3.8, 4) is 0 Å². The zero-order valence-corrected chi connectivity index (χ0v) is 13.4. The topological polar surface area (TPSA) is 24.9 Å². The first-order valence-corrected chi connectivity index (χ1v) is 8.11. The van der Waals surface area contributed by atoms with Crippen molar-refractivity contribution in [2.24, 2.45) is 11.3 Å². The zero-order valence-electron chi connectivity index (χ0n) is 13.4. The van der Waals surface area contributed by atoms with Gasteiger partial charge in [0.1, 0.15) is 0 Å². The molecule has 1 N–H and O–H groups in total. The summed E-state index contributed by atoms with van der Waals surface area (Å²) in [5.41, 5.74) is 1.93. The fourth-order valence-electron chi connectivity index (χ4n) is 3.81. The van der Waals surface area contributed by atoms with Crippen LogP contribution in [0, 0.1) is 11.3 Å². The van der Waals surface area contributed by atoms with Gasteiger partial charge in [-0.2, -0.15) is 0 Å². The Kier molecular flexibility index (Phi) is 3.99. The first kappa shape index (κ1) is 14.5. The fourth-order valence-corrected chi connectivity index (χ4v) is 3.81. The number of hydrogen-bond acceptors (Lipinski definition) is 2. The van der Waals surface area contributed by atoms with E-state index in [-0.39, 0.29) is 0 Å². The van der Waals surface area contributed by atoms with Crippen LogP contribution < -0.4 is 5.32 Å². The maximum absolute atomic E-state index is 4.33. The van der Waals surface area contributed by atoms with Gasteiger partial charge in [-0.3, -0.25) is 4.98 Å². The summed E-state index contributed by atoms with van der Waals surface area (Å²) in [5, 5.41) is 6.17. The molecule has 0 aliphatic heterocycles. The van der Waals surface area contributed by atoms with Crippen molar-refractivity contribution in [3.05, 3.63) is 42.2 Å². The molecule has 1 aliphatic rings. The minimum atomic E-state index is 0.439. The summed E-state index contributed by atoms with van der Waals surface area (Å²) >= 11 is 0. The standard InChI is InChI=1S/C19H26N2/c1-19(2)10-7-15(8-11-19)18(20-3)16-6-4-5-14-9-12-21-13-17(14)16/h4-6,9,12-13,15,18,20H,7-8,10-11H2,1-3H3. The van der Waals surface area contributed by atoms with Crippen LogP contribution in [-0.2, 0) is 0 Å². The van der Waals surface area contributed by atoms with Crippen molar-refractivity contribution in [2.45, 2.75) is 45.6 Å². The van der Waals surface area contributed by atoms with Crippen LogP contribution in [0.3, 0.4) is 0 Å². The van der Waals surface area contributed by atoms with Gasteiger partial charge in [-0.05, 0) is 61.1 Å². The van der Waals surface area contributed by atoms with E-state index in [0.717, 1.165) is 5.92 Å². The summed E-state index contributed by atoms with van der Waals surface area (Å²) in [6, 6.07) is 9.17. The lowest BCUT2D eigenvalue weighted by atomic mass is 9.70. The molecule has 2 heteroatoms. The first-order valence-electron chi connectivity index (χ1n) is 8.11. The molecule has 1 heterocycles. The summed E-state index contributed by atoms with van der Waals surface area (Å²) in [5.74, 6) is 0.730. The molecule has 0 spiro atoms. The van der Waals surface area contributed by atoms with Crippen molar-refractivity contribution in [1.82, 2.24) is 10.3 Å². The molecule has 3 rings (SSSR count). The van der Waals surface area contributed by atoms with Crippen LogP contribution in [0.1, 0.15) is 51.1 Å². The molecular weight excluding hydrogens is 256 g/mol. The lowest BCUT2D eigenvalue weighted by Gasteiger charge is -2.38. The zero-order chi connectivity index (χ0) is 14.9. The Bertz CT molecular complexity index is 602. The number of hydrogen-bond donors (Lipinski definition) is 1. The summed E-state index contributed by atoms with van der Waals surface area (Å²) in [6.45, 7) is 4.80. The summed E-state index contributed by atoms with van der Waals surface area (Å²) in [6.07, 6.45) is 9.19. The maximum atomic E-state index is 4.33. The molecule has 21 heavy (non-hydrogen) atoms. The molecule has 1 aliphatic carbocycles. The van der Waals surface area contributed by atoms with Crippen molar-refractivity contribution >= 4 is 10.8 Å². The van der Waals surface area contributed by atoms with Gasteiger partial charge < -0.3 is 5.32 Å². The van der Waals surface area contributed by atoms with E-state index in [4.69, 9.17) is 0 Å². The largest absolute Gasteiger partial charge is 0.313 e. The van der Waals surface area contributed by atoms with Crippen molar-refractivity contribution in [3.63, 3.8) is 0 Å². The van der Waals surface area contributed by atoms with E-state index in [9.17, 15) is 0 Å². The predicted octanol–water partition coefficient (Wildman–Crippen LogP) is 4.71. The third kappa shape index (κ3) is 2.96. The minimum absolute atomic E-state index is 0.439. The highest BCUT2D eigenvalue weighted by Gasteiger charge is 2.31. The molecule has 1 aromatic heterocycles. The molecule has 0 amide bonds. The van der Waals surface area contributed by atoms with Gasteiger partial charge in [0.05, 0.1) is 0 Å². The van der Waals surface area contributed by atoms with Gasteiger partial charge in [-0.15, -0.1) is 0 Å². The van der Waals surface area contributed by atoms with Gasteiger partial charge in [0.15, 0.2) is 0 Å². The molecule has 2 nitrogen and oxygen atoms in total. The molecule has 1 saturated carbocycles. The summed E-state index contributed by atoms with van der Waals surface area (Å²) < 4.78 is 0. The van der Waals surface area contributed by atoms with Crippen LogP contribution in [0.4, 0.5) is 0 Å². The van der Waals surface area contributed by atoms with Gasteiger partial charge in [-0.1, -0.05) is 32.0 Å². The van der Waals surface area contributed by atoms with Crippen molar-refractivity contribution in [2.75, 3.05) is 7.05 Å². The van der Waals surface area contributed by atoms with E-state index >= 15 is 0 Å². The Balaban J connectivity index is 1.92. The highest BCUT2D eigenvalue weighted by molar-refractivity contribution is 5.85. The van der Waals surface area contributed by atoms with Gasteiger partial charge in [0.2, 0.25) is 0 Å². The van der Waals surface area contributed by atoms with Crippen LogP contribution in [0.25, 0.3) is 10.8 Å². The number of nitrogens with one attached hydrogen (secondary N) is 1. The minimum Gasteiger partial charge on any atom is -0.313 e. The molecule has 112 valence electrons. The third-order valence-corrected chi connectivity index (χ3v) is 5.22. The Morgan fingerprint density at radius 2 is 1.95 bits per heavy atom. The molecule has 1 fully saturated rings. The molecule has 0 radical (unpaired) electrons. The Morgan fingerprint density at radius 3 is 2.67 bits per heavy atom. The van der Waals surface area contributed by atoms with E-state index in [1.165, 1.54) is 42.0 Å². The van der Waals surface area contributed by atoms with Gasteiger partial charge >= 0.3 is 0 Å². The van der Waals surface area contributed by atoms with E-state index < -0.39 is 0 Å². The summed E-state index contributed by atoms with van der Waals surface area (Å²) in [4.78, 5) is 4.33. The molecule has 0 saturated heterocycles. The van der Waals surface area contributed by atoms with E-state index in [0.29, 0.717) is 11.5 Å². The molecule has 1 unspecified atom stereocenters. The molecule has 2 aromatic rings. The van der Waals surface area contributed by atoms with Crippen LogP contribution in [0.2, 0.25) is 0 Å². The third-order valence-electron chi connectivity index (χ3n) is 5.22. The van der Waals surface area contributed by atoms with Gasteiger partial charge in [0, 0.05) is 23.8 Å². The number of rotatable bonds is 3. The fraction of sp³-hybridized carbons (Fsp3) is 0.526. The van der Waals surface area contributed by atoms with E-state index in [1.807, 2.05) is 12.4 Å². The molecule has 0 bridgehead atoms. The van der Waals surface area contributed by atoms with Crippen LogP contribution in [0.15, 0.2) is 36.7 Å². The second-order valence-electron chi connectivity index (χ2n) is 7.21. The summed E-state index contributed by atoms with van der Waals surface area (Å²) in [7, 11) is 2.10. The smallest absolute Gasteiger partial charge is 0.0352 e. The molecular formula is C19H26N2. The van der Waals surface area contributed by atoms with Crippen molar-refractivity contribution < 1.29 is 0 Å². The normalized spacial score (nSPS) is 20.5. The highest BCUT2D eigenvalue weighted by Crippen LogP contribution is 2.43. The Morgan fingerprint density at radius 1 is 1.19 bits per heavy atom. The monoisotopic (exact) mass is 282 g/mol. The highest BCUT2D eigenvalue weighted by atomic mass is 14.9. The molecule has 1 aromatic carbocycles. The lowest BCUT2D eigenvalue weighted by Crippen LogP contribution is -2.31. The average molecular weight is 282 g/mol.